The first kappa shape index (κ1) is 15.4. The van der Waals surface area contributed by atoms with Crippen molar-refractivity contribution in [2.24, 2.45) is 5.73 Å². The average molecular weight is 290 g/mol. The molecule has 0 spiro atoms. The molecule has 0 saturated carbocycles. The van der Waals surface area contributed by atoms with Crippen molar-refractivity contribution < 1.29 is 14.3 Å². The molecule has 0 atom stereocenters. The van der Waals surface area contributed by atoms with Crippen LogP contribution in [0.3, 0.4) is 0 Å². The Balaban J connectivity index is 2.53. The van der Waals surface area contributed by atoms with Gasteiger partial charge in [0, 0.05) is 17.6 Å². The van der Waals surface area contributed by atoms with E-state index in [1.165, 1.54) is 4.57 Å². The van der Waals surface area contributed by atoms with Crippen LogP contribution in [0.1, 0.15) is 26.3 Å². The summed E-state index contributed by atoms with van der Waals surface area (Å²) in [5, 5.41) is 0.993. The van der Waals surface area contributed by atoms with Crippen molar-refractivity contribution in [1.29, 1.82) is 0 Å². The highest BCUT2D eigenvalue weighted by atomic mass is 16.6. The summed E-state index contributed by atoms with van der Waals surface area (Å²) in [6.45, 7) is 6.06. The van der Waals surface area contributed by atoms with Crippen LogP contribution < -0.4 is 10.5 Å². The van der Waals surface area contributed by atoms with Gasteiger partial charge in [0.2, 0.25) is 0 Å². The van der Waals surface area contributed by atoms with Gasteiger partial charge in [-0.1, -0.05) is 0 Å². The number of carbonyl (C=O) groups is 1. The number of fused-ring (bicyclic) bond motifs is 1. The smallest absolute Gasteiger partial charge is 0.419 e. The first-order valence-corrected chi connectivity index (χ1v) is 6.97. The number of hydrogen-bond acceptors (Lipinski definition) is 4. The van der Waals surface area contributed by atoms with Crippen LogP contribution in [0.4, 0.5) is 4.79 Å². The Labute approximate surface area is 124 Å². The van der Waals surface area contributed by atoms with Crippen LogP contribution in [0, 0.1) is 0 Å². The number of nitrogens with zero attached hydrogens (tertiary/aromatic N) is 1. The highest BCUT2D eigenvalue weighted by Gasteiger charge is 2.20. The van der Waals surface area contributed by atoms with E-state index in [1.807, 2.05) is 39.0 Å². The molecule has 0 aliphatic heterocycles. The number of ether oxygens (including phenoxy) is 2. The van der Waals surface area contributed by atoms with E-state index >= 15 is 0 Å². The lowest BCUT2D eigenvalue weighted by molar-refractivity contribution is 0.0544. The molecule has 1 aromatic carbocycles. The van der Waals surface area contributed by atoms with Crippen LogP contribution in [0.5, 0.6) is 5.75 Å². The van der Waals surface area contributed by atoms with Gasteiger partial charge in [0.05, 0.1) is 12.6 Å². The van der Waals surface area contributed by atoms with Gasteiger partial charge in [-0.3, -0.25) is 4.57 Å². The third kappa shape index (κ3) is 3.36. The predicted octanol–water partition coefficient (Wildman–Crippen LogP) is 2.93. The summed E-state index contributed by atoms with van der Waals surface area (Å²) in [6.07, 6.45) is 2.10. The van der Waals surface area contributed by atoms with Crippen molar-refractivity contribution in [3.63, 3.8) is 0 Å². The highest BCUT2D eigenvalue weighted by Crippen LogP contribution is 2.27. The number of carbonyl (C=O) groups excluding carboxylic acids is 1. The molecule has 2 rings (SSSR count). The standard InChI is InChI=1S/C16H22N2O3/c1-16(2,3)21-15(19)18-10-11(7-8-17)13-6-5-12(20-4)9-14(13)18/h5-6,9-10H,7-8,17H2,1-4H3. The molecule has 21 heavy (non-hydrogen) atoms. The first-order valence-electron chi connectivity index (χ1n) is 6.97. The van der Waals surface area contributed by atoms with E-state index in [1.54, 1.807) is 13.3 Å². The van der Waals surface area contributed by atoms with Gasteiger partial charge in [0.1, 0.15) is 11.4 Å². The minimum atomic E-state index is -0.541. The van der Waals surface area contributed by atoms with Gasteiger partial charge in [-0.2, -0.15) is 0 Å². The third-order valence-corrected chi connectivity index (χ3v) is 3.10. The molecule has 2 N–H and O–H groups in total. The molecular formula is C16H22N2O3. The summed E-state index contributed by atoms with van der Waals surface area (Å²) < 4.78 is 12.2. The first-order chi connectivity index (χ1) is 9.85. The molecule has 0 aliphatic carbocycles. The van der Waals surface area contributed by atoms with Crippen molar-refractivity contribution in [3.8, 4) is 5.75 Å². The summed E-state index contributed by atoms with van der Waals surface area (Å²) in [7, 11) is 1.60. The van der Waals surface area contributed by atoms with Gasteiger partial charge in [0.25, 0.3) is 0 Å². The van der Waals surface area contributed by atoms with E-state index < -0.39 is 11.7 Å². The van der Waals surface area contributed by atoms with Crippen LogP contribution in [0.15, 0.2) is 24.4 Å². The number of rotatable bonds is 3. The van der Waals surface area contributed by atoms with Crippen LogP contribution >= 0.6 is 0 Å². The lowest BCUT2D eigenvalue weighted by atomic mass is 10.1. The number of aromatic nitrogens is 1. The number of benzene rings is 1. The zero-order valence-corrected chi connectivity index (χ0v) is 13.0. The van der Waals surface area contributed by atoms with E-state index in [9.17, 15) is 4.79 Å². The molecule has 0 bridgehead atoms. The van der Waals surface area contributed by atoms with Crippen LogP contribution in [-0.2, 0) is 11.2 Å². The Morgan fingerprint density at radius 1 is 1.33 bits per heavy atom. The Morgan fingerprint density at radius 2 is 2.05 bits per heavy atom. The third-order valence-electron chi connectivity index (χ3n) is 3.10. The number of nitrogens with two attached hydrogens (primary N) is 1. The van der Waals surface area contributed by atoms with Crippen LogP contribution in [0.25, 0.3) is 10.9 Å². The minimum Gasteiger partial charge on any atom is -0.497 e. The van der Waals surface area contributed by atoms with Gasteiger partial charge in [-0.05, 0) is 51.4 Å². The summed E-state index contributed by atoms with van der Waals surface area (Å²) in [5.74, 6) is 0.699. The number of hydrogen-bond donors (Lipinski definition) is 1. The summed E-state index contributed by atoms with van der Waals surface area (Å²) in [6, 6.07) is 5.65. The molecule has 2 aromatic rings. The molecule has 0 unspecified atom stereocenters. The van der Waals surface area contributed by atoms with E-state index in [2.05, 4.69) is 0 Å². The number of methoxy groups -OCH3 is 1. The van der Waals surface area contributed by atoms with Crippen LogP contribution in [0.2, 0.25) is 0 Å². The van der Waals surface area contributed by atoms with Crippen molar-refractivity contribution >= 4 is 17.0 Å². The highest BCUT2D eigenvalue weighted by molar-refractivity contribution is 5.93. The van der Waals surface area contributed by atoms with Gasteiger partial charge >= 0.3 is 6.09 Å². The fourth-order valence-electron chi connectivity index (χ4n) is 2.22. The van der Waals surface area contributed by atoms with E-state index in [4.69, 9.17) is 15.2 Å². The molecule has 0 radical (unpaired) electrons. The van der Waals surface area contributed by atoms with E-state index in [0.717, 1.165) is 16.5 Å². The van der Waals surface area contributed by atoms with Crippen molar-refractivity contribution in [2.75, 3.05) is 13.7 Å². The van der Waals surface area contributed by atoms with Gasteiger partial charge in [0.15, 0.2) is 0 Å². The van der Waals surface area contributed by atoms with Crippen molar-refractivity contribution in [2.45, 2.75) is 32.8 Å². The van der Waals surface area contributed by atoms with Crippen molar-refractivity contribution in [3.05, 3.63) is 30.0 Å². The summed E-state index contributed by atoms with van der Waals surface area (Å²) in [4.78, 5) is 12.4. The van der Waals surface area contributed by atoms with Gasteiger partial charge in [-0.15, -0.1) is 0 Å². The summed E-state index contributed by atoms with van der Waals surface area (Å²) >= 11 is 0. The zero-order chi connectivity index (χ0) is 15.6. The maximum atomic E-state index is 12.4. The molecule has 0 aliphatic rings. The van der Waals surface area contributed by atoms with E-state index in [-0.39, 0.29) is 0 Å². The second-order valence-electron chi connectivity index (χ2n) is 5.93. The molecule has 5 heteroatoms. The molecule has 1 heterocycles. The predicted molar refractivity (Wildman–Crippen MR) is 82.9 cm³/mol. The Hall–Kier alpha value is -2.01. The summed E-state index contributed by atoms with van der Waals surface area (Å²) in [5.41, 5.74) is 6.90. The fourth-order valence-corrected chi connectivity index (χ4v) is 2.22. The maximum Gasteiger partial charge on any atom is 0.419 e. The minimum absolute atomic E-state index is 0.399. The molecule has 5 nitrogen and oxygen atoms in total. The Bertz CT molecular complexity index is 653. The Kier molecular flexibility index (Phi) is 4.23. The lowest BCUT2D eigenvalue weighted by Crippen LogP contribution is -2.26. The van der Waals surface area contributed by atoms with Crippen LogP contribution in [-0.4, -0.2) is 29.9 Å². The second kappa shape index (κ2) is 5.77. The molecular weight excluding hydrogens is 268 g/mol. The maximum absolute atomic E-state index is 12.4. The SMILES string of the molecule is COc1ccc2c(CCN)cn(C(=O)OC(C)(C)C)c2c1. The normalized spacial score (nSPS) is 11.7. The lowest BCUT2D eigenvalue weighted by Gasteiger charge is -2.19. The monoisotopic (exact) mass is 290 g/mol. The molecule has 114 valence electrons. The average Bonchev–Trinajstić information content (AvgIpc) is 2.75. The molecule has 0 saturated heterocycles. The van der Waals surface area contributed by atoms with Gasteiger partial charge < -0.3 is 15.2 Å². The van der Waals surface area contributed by atoms with E-state index in [0.29, 0.717) is 18.7 Å². The van der Waals surface area contributed by atoms with Crippen molar-refractivity contribution in [1.82, 2.24) is 4.57 Å². The second-order valence-corrected chi connectivity index (χ2v) is 5.93. The molecule has 0 amide bonds. The molecule has 1 aromatic heterocycles. The largest absolute Gasteiger partial charge is 0.497 e. The zero-order valence-electron chi connectivity index (χ0n) is 13.0. The van der Waals surface area contributed by atoms with Gasteiger partial charge in [-0.25, -0.2) is 4.79 Å². The quantitative estimate of drug-likeness (QED) is 0.943. The molecule has 0 fully saturated rings. The topological polar surface area (TPSA) is 66.5 Å². The Morgan fingerprint density at radius 3 is 2.62 bits per heavy atom. The fraction of sp³-hybridized carbons (Fsp3) is 0.438.